The van der Waals surface area contributed by atoms with Gasteiger partial charge in [0.05, 0.1) is 23.2 Å². The van der Waals surface area contributed by atoms with Crippen molar-refractivity contribution in [2.75, 3.05) is 19.6 Å². The zero-order chi connectivity index (χ0) is 27.2. The maximum absolute atomic E-state index is 13.9. The Morgan fingerprint density at radius 1 is 1.18 bits per heavy atom. The van der Waals surface area contributed by atoms with Crippen molar-refractivity contribution in [1.29, 1.82) is 0 Å². The first-order valence-electron chi connectivity index (χ1n) is 13.6. The van der Waals surface area contributed by atoms with E-state index in [1.54, 1.807) is 11.0 Å². The molecular formula is C27H34ClF3N4O3. The van der Waals surface area contributed by atoms with Crippen molar-refractivity contribution in [1.82, 2.24) is 19.4 Å². The minimum absolute atomic E-state index is 0.0626. The number of halogens is 4. The highest BCUT2D eigenvalue weighted by Crippen LogP contribution is 2.44. The fourth-order valence-corrected chi connectivity index (χ4v) is 6.15. The topological polar surface area (TPSA) is 78.2 Å². The van der Waals surface area contributed by atoms with Crippen molar-refractivity contribution in [3.05, 3.63) is 34.1 Å². The molecule has 2 aromatic rings. The van der Waals surface area contributed by atoms with E-state index in [-0.39, 0.29) is 46.9 Å². The molecule has 0 aromatic carbocycles. The molecule has 0 radical (unpaired) electrons. The maximum atomic E-state index is 13.9. The second-order valence-electron chi connectivity index (χ2n) is 11.0. The van der Waals surface area contributed by atoms with Gasteiger partial charge in [-0.15, -0.1) is 0 Å². The number of fused-ring (bicyclic) bond motifs is 1. The number of carbonyl (C=O) groups is 2. The van der Waals surface area contributed by atoms with Crippen LogP contribution in [0.4, 0.5) is 13.2 Å². The smallest absolute Gasteiger partial charge is 0.393 e. The second kappa shape index (κ2) is 10.8. The summed E-state index contributed by atoms with van der Waals surface area (Å²) < 4.78 is 42.5. The van der Waals surface area contributed by atoms with E-state index in [4.69, 9.17) is 11.6 Å². The van der Waals surface area contributed by atoms with Gasteiger partial charge in [0.2, 0.25) is 0 Å². The van der Waals surface area contributed by atoms with Gasteiger partial charge in [-0.1, -0.05) is 11.6 Å². The van der Waals surface area contributed by atoms with Crippen molar-refractivity contribution < 1.29 is 27.9 Å². The molecule has 1 atom stereocenters. The average molecular weight is 555 g/mol. The number of hydrogen-bond acceptors (Lipinski definition) is 5. The molecule has 0 saturated heterocycles. The normalized spacial score (nSPS) is 23.1. The van der Waals surface area contributed by atoms with E-state index < -0.39 is 17.8 Å². The predicted octanol–water partition coefficient (Wildman–Crippen LogP) is 4.93. The fourth-order valence-electron chi connectivity index (χ4n) is 5.90. The first kappa shape index (κ1) is 27.4. The number of rotatable bonds is 10. The van der Waals surface area contributed by atoms with E-state index in [9.17, 15) is 27.9 Å². The number of aliphatic hydroxyl groups excluding tert-OH is 1. The summed E-state index contributed by atoms with van der Waals surface area (Å²) in [5, 5.41) is 14.0. The lowest BCUT2D eigenvalue weighted by Gasteiger charge is -2.41. The highest BCUT2D eigenvalue weighted by molar-refractivity contribution is 6.36. The molecule has 0 bridgehead atoms. The van der Waals surface area contributed by atoms with Crippen LogP contribution in [0.1, 0.15) is 86.0 Å². The molecule has 3 aliphatic rings. The lowest BCUT2D eigenvalue weighted by Crippen LogP contribution is -2.53. The number of likely N-dealkylation sites (N-methyl/N-ethyl adjacent to an activating group) is 1. The standard InChI is InChI=1S/C27H34ClF3N4O3/c1-2-33(15-22(17-5-6-17)34(11-12-36)19-7-9-20(37)10-8-19)26(38)25-24(28)21-13-18(16-3-4-16)14-23(27(29,30)31)35(21)32-25/h12-14,16-17,19-20,22,37H,2-11,15H2,1H3. The molecule has 0 spiro atoms. The number of aromatic nitrogens is 2. The minimum Gasteiger partial charge on any atom is -0.393 e. The number of carbonyl (C=O) groups excluding carboxylic acids is 2. The van der Waals surface area contributed by atoms with Crippen molar-refractivity contribution in [3.63, 3.8) is 0 Å². The Balaban J connectivity index is 1.44. The summed E-state index contributed by atoms with van der Waals surface area (Å²) in [5.74, 6) is -0.112. The van der Waals surface area contributed by atoms with E-state index in [1.165, 1.54) is 0 Å². The Kier molecular flexibility index (Phi) is 7.77. The molecular weight excluding hydrogens is 521 g/mol. The zero-order valence-corrected chi connectivity index (χ0v) is 22.2. The summed E-state index contributed by atoms with van der Waals surface area (Å²) in [6.07, 6.45) is 2.46. The lowest BCUT2D eigenvalue weighted by molar-refractivity contribution is -0.142. The van der Waals surface area contributed by atoms with Gasteiger partial charge in [0.1, 0.15) is 12.0 Å². The van der Waals surface area contributed by atoms with Crippen LogP contribution in [-0.4, -0.2) is 74.5 Å². The SMILES string of the molecule is CCN(CC(C1CC1)N(CC=O)C1CCC(O)CC1)C(=O)c1nn2c(C(F)(F)F)cc(C3CC3)cc2c1Cl. The number of alkyl halides is 3. The molecule has 3 saturated carbocycles. The van der Waals surface area contributed by atoms with Gasteiger partial charge in [-0.05, 0) is 87.8 Å². The van der Waals surface area contributed by atoms with E-state index >= 15 is 0 Å². The lowest BCUT2D eigenvalue weighted by atomic mass is 9.90. The largest absolute Gasteiger partial charge is 0.433 e. The van der Waals surface area contributed by atoms with Crippen molar-refractivity contribution in [2.24, 2.45) is 5.92 Å². The third-order valence-electron chi connectivity index (χ3n) is 8.33. The van der Waals surface area contributed by atoms with Crippen molar-refractivity contribution in [3.8, 4) is 0 Å². The summed E-state index contributed by atoms with van der Waals surface area (Å²) in [5.41, 5.74) is -0.476. The summed E-state index contributed by atoms with van der Waals surface area (Å²) >= 11 is 6.55. The van der Waals surface area contributed by atoms with Gasteiger partial charge in [-0.25, -0.2) is 4.52 Å². The molecule has 1 amide bonds. The highest BCUT2D eigenvalue weighted by atomic mass is 35.5. The second-order valence-corrected chi connectivity index (χ2v) is 11.4. The minimum atomic E-state index is -4.65. The number of pyridine rings is 1. The number of aldehydes is 1. The Hall–Kier alpha value is -2.17. The summed E-state index contributed by atoms with van der Waals surface area (Å²) in [6, 6.07) is 2.80. The third-order valence-corrected chi connectivity index (χ3v) is 8.70. The molecule has 3 aliphatic carbocycles. The van der Waals surface area contributed by atoms with E-state index in [0.717, 1.165) is 55.4 Å². The first-order chi connectivity index (χ1) is 18.1. The van der Waals surface area contributed by atoms with Crippen LogP contribution in [-0.2, 0) is 11.0 Å². The summed E-state index contributed by atoms with van der Waals surface area (Å²) in [4.78, 5) is 29.1. The molecule has 38 heavy (non-hydrogen) atoms. The van der Waals surface area contributed by atoms with Crippen LogP contribution in [0.2, 0.25) is 5.02 Å². The molecule has 1 unspecified atom stereocenters. The van der Waals surface area contributed by atoms with Crippen LogP contribution in [0.15, 0.2) is 12.1 Å². The molecule has 7 nitrogen and oxygen atoms in total. The molecule has 3 fully saturated rings. The van der Waals surface area contributed by atoms with Gasteiger partial charge in [-0.3, -0.25) is 9.69 Å². The third kappa shape index (κ3) is 5.58. The van der Waals surface area contributed by atoms with Crippen LogP contribution in [0, 0.1) is 5.92 Å². The molecule has 0 aliphatic heterocycles. The molecule has 5 rings (SSSR count). The van der Waals surface area contributed by atoms with Gasteiger partial charge < -0.3 is 14.8 Å². The highest BCUT2D eigenvalue weighted by Gasteiger charge is 2.41. The van der Waals surface area contributed by atoms with E-state index in [2.05, 4.69) is 10.00 Å². The van der Waals surface area contributed by atoms with Gasteiger partial charge in [0.25, 0.3) is 5.91 Å². The quantitative estimate of drug-likeness (QED) is 0.421. The molecule has 2 heterocycles. The Bertz CT molecular complexity index is 1190. The molecule has 1 N–H and O–H groups in total. The van der Waals surface area contributed by atoms with Gasteiger partial charge >= 0.3 is 6.18 Å². The molecule has 11 heteroatoms. The van der Waals surface area contributed by atoms with Crippen LogP contribution in [0.25, 0.3) is 5.52 Å². The Labute approximate surface area is 224 Å². The van der Waals surface area contributed by atoms with Crippen molar-refractivity contribution >= 4 is 29.3 Å². The number of hydrogen-bond donors (Lipinski definition) is 1. The Morgan fingerprint density at radius 2 is 1.87 bits per heavy atom. The van der Waals surface area contributed by atoms with E-state index in [0.29, 0.717) is 37.4 Å². The average Bonchev–Trinajstić information content (AvgIpc) is 3.81. The van der Waals surface area contributed by atoms with Crippen LogP contribution in [0.5, 0.6) is 0 Å². The summed E-state index contributed by atoms with van der Waals surface area (Å²) in [7, 11) is 0. The molecule has 208 valence electrons. The Morgan fingerprint density at radius 3 is 2.42 bits per heavy atom. The van der Waals surface area contributed by atoms with Crippen LogP contribution >= 0.6 is 11.6 Å². The zero-order valence-electron chi connectivity index (χ0n) is 21.5. The summed E-state index contributed by atoms with van der Waals surface area (Å²) in [6.45, 7) is 2.71. The predicted molar refractivity (Wildman–Crippen MR) is 136 cm³/mol. The molecule has 2 aromatic heterocycles. The van der Waals surface area contributed by atoms with Crippen molar-refractivity contribution in [2.45, 2.75) is 88.6 Å². The number of amides is 1. The van der Waals surface area contributed by atoms with E-state index in [1.807, 2.05) is 6.92 Å². The van der Waals surface area contributed by atoms with Gasteiger partial charge in [0, 0.05) is 25.2 Å². The van der Waals surface area contributed by atoms with Gasteiger partial charge in [-0.2, -0.15) is 18.3 Å². The fraction of sp³-hybridized carbons (Fsp3) is 0.667. The first-order valence-corrected chi connectivity index (χ1v) is 14.0. The van der Waals surface area contributed by atoms with Gasteiger partial charge in [0.15, 0.2) is 5.69 Å². The van der Waals surface area contributed by atoms with Crippen LogP contribution < -0.4 is 0 Å². The number of aliphatic hydroxyl groups is 1. The maximum Gasteiger partial charge on any atom is 0.433 e. The monoisotopic (exact) mass is 554 g/mol. The number of nitrogens with zero attached hydrogens (tertiary/aromatic N) is 4. The van der Waals surface area contributed by atoms with Crippen LogP contribution in [0.3, 0.4) is 0 Å².